The van der Waals surface area contributed by atoms with E-state index in [1.165, 1.54) is 6.07 Å². The Kier molecular flexibility index (Phi) is 4.17. The Balaban J connectivity index is 2.26. The average Bonchev–Trinajstić information content (AvgIpc) is 2.33. The zero-order chi connectivity index (χ0) is 14.0. The first-order chi connectivity index (χ1) is 8.97. The maximum Gasteiger partial charge on any atom is 0.130 e. The van der Waals surface area contributed by atoms with Crippen LogP contribution in [0, 0.1) is 12.7 Å². The molecule has 0 aromatic heterocycles. The summed E-state index contributed by atoms with van der Waals surface area (Å²) >= 11 is 8.28. The monoisotopic (exact) mass is 339 g/mol. The fourth-order valence-electron chi connectivity index (χ4n) is 1.53. The third kappa shape index (κ3) is 3.30. The smallest absolute Gasteiger partial charge is 0.130 e. The molecule has 0 bridgehead atoms. The first-order valence-electron chi connectivity index (χ1n) is 5.51. The minimum atomic E-state index is -0.295. The van der Waals surface area contributed by atoms with Crippen LogP contribution in [0.25, 0.3) is 0 Å². The maximum atomic E-state index is 13.4. The van der Waals surface area contributed by atoms with Gasteiger partial charge in [0, 0.05) is 16.1 Å². The Morgan fingerprint density at radius 3 is 2.42 bits per heavy atom. The summed E-state index contributed by atoms with van der Waals surface area (Å²) in [5.41, 5.74) is 6.88. The van der Waals surface area contributed by atoms with Crippen LogP contribution in [0.15, 0.2) is 40.9 Å². The van der Waals surface area contributed by atoms with E-state index < -0.39 is 0 Å². The highest BCUT2D eigenvalue weighted by Crippen LogP contribution is 2.28. The molecule has 0 saturated carbocycles. The molecule has 2 rings (SSSR count). The summed E-state index contributed by atoms with van der Waals surface area (Å²) in [5, 5.41) is 0. The summed E-state index contributed by atoms with van der Waals surface area (Å²) < 4.78 is 19.7. The van der Waals surface area contributed by atoms with Crippen molar-refractivity contribution in [1.29, 1.82) is 0 Å². The van der Waals surface area contributed by atoms with Crippen LogP contribution in [0.1, 0.15) is 11.1 Å². The zero-order valence-corrected chi connectivity index (χ0v) is 12.5. The summed E-state index contributed by atoms with van der Waals surface area (Å²) in [7, 11) is 0. The lowest BCUT2D eigenvalue weighted by Gasteiger charge is -2.09. The van der Waals surface area contributed by atoms with Gasteiger partial charge in [-0.25, -0.2) is 4.39 Å². The average molecular weight is 340 g/mol. The van der Waals surface area contributed by atoms with Crippen molar-refractivity contribution in [2.75, 3.05) is 0 Å². The topological polar surface area (TPSA) is 35.2 Å². The van der Waals surface area contributed by atoms with Gasteiger partial charge >= 0.3 is 0 Å². The summed E-state index contributed by atoms with van der Waals surface area (Å²) in [4.78, 5) is 0.305. The van der Waals surface area contributed by atoms with Gasteiger partial charge in [0.05, 0.1) is 0 Å². The molecule has 0 spiro atoms. The van der Waals surface area contributed by atoms with Gasteiger partial charge in [-0.15, -0.1) is 0 Å². The van der Waals surface area contributed by atoms with Crippen molar-refractivity contribution in [1.82, 2.24) is 0 Å². The largest absolute Gasteiger partial charge is 0.457 e. The molecule has 5 heteroatoms. The first kappa shape index (κ1) is 14.0. The number of thiocarbonyl (C=S) groups is 1. The minimum absolute atomic E-state index is 0.295. The number of aryl methyl sites for hydroxylation is 1. The molecular weight excluding hydrogens is 329 g/mol. The molecule has 0 unspecified atom stereocenters. The lowest BCUT2D eigenvalue weighted by atomic mass is 10.2. The second-order valence-electron chi connectivity index (χ2n) is 4.02. The van der Waals surface area contributed by atoms with E-state index in [2.05, 4.69) is 15.9 Å². The lowest BCUT2D eigenvalue weighted by molar-refractivity contribution is 0.475. The van der Waals surface area contributed by atoms with Gasteiger partial charge in [-0.3, -0.25) is 0 Å². The Bertz CT molecular complexity index is 645. The Labute approximate surface area is 124 Å². The highest BCUT2D eigenvalue weighted by atomic mass is 79.9. The van der Waals surface area contributed by atoms with Crippen LogP contribution in [0.3, 0.4) is 0 Å². The normalized spacial score (nSPS) is 10.3. The first-order valence-corrected chi connectivity index (χ1v) is 6.71. The fourth-order valence-corrected chi connectivity index (χ4v) is 2.41. The molecule has 0 atom stereocenters. The van der Waals surface area contributed by atoms with Gasteiger partial charge in [-0.05, 0) is 52.7 Å². The molecule has 0 saturated heterocycles. The lowest BCUT2D eigenvalue weighted by Crippen LogP contribution is -2.09. The van der Waals surface area contributed by atoms with E-state index >= 15 is 0 Å². The standard InChI is InChI=1S/C14H11BrFNOS/c1-8-2-3-10(7-13(8)16)18-9-4-5-11(14(17)19)12(15)6-9/h2-7H,1H3,(H2,17,19). The molecule has 0 radical (unpaired) electrons. The highest BCUT2D eigenvalue weighted by Gasteiger charge is 2.06. The van der Waals surface area contributed by atoms with E-state index in [0.29, 0.717) is 22.1 Å². The van der Waals surface area contributed by atoms with Gasteiger partial charge in [-0.1, -0.05) is 18.3 Å². The van der Waals surface area contributed by atoms with Crippen LogP contribution in [0.5, 0.6) is 11.5 Å². The molecule has 0 aliphatic heterocycles. The number of nitrogens with two attached hydrogens (primary N) is 1. The Morgan fingerprint density at radius 1 is 1.21 bits per heavy atom. The predicted octanol–water partition coefficient (Wildman–Crippen LogP) is 4.32. The second-order valence-corrected chi connectivity index (χ2v) is 5.31. The van der Waals surface area contributed by atoms with E-state index in [-0.39, 0.29) is 5.82 Å². The quantitative estimate of drug-likeness (QED) is 0.845. The number of hydrogen-bond donors (Lipinski definition) is 1. The van der Waals surface area contributed by atoms with E-state index in [0.717, 1.165) is 10.0 Å². The molecule has 2 nitrogen and oxygen atoms in total. The molecule has 2 N–H and O–H groups in total. The van der Waals surface area contributed by atoms with Crippen LogP contribution in [-0.4, -0.2) is 4.99 Å². The van der Waals surface area contributed by atoms with Gasteiger partial charge in [0.25, 0.3) is 0 Å². The Morgan fingerprint density at radius 2 is 1.84 bits per heavy atom. The fraction of sp³-hybridized carbons (Fsp3) is 0.0714. The summed E-state index contributed by atoms with van der Waals surface area (Å²) in [5.74, 6) is 0.726. The van der Waals surface area contributed by atoms with Crippen molar-refractivity contribution < 1.29 is 9.13 Å². The van der Waals surface area contributed by atoms with Crippen molar-refractivity contribution in [2.24, 2.45) is 5.73 Å². The van der Waals surface area contributed by atoms with Gasteiger partial charge in [0.1, 0.15) is 22.3 Å². The highest BCUT2D eigenvalue weighted by molar-refractivity contribution is 9.10. The molecule has 0 aliphatic rings. The molecular formula is C14H11BrFNOS. The third-order valence-electron chi connectivity index (χ3n) is 2.59. The number of ether oxygens (including phenoxy) is 1. The second kappa shape index (κ2) is 5.67. The van der Waals surface area contributed by atoms with Crippen molar-refractivity contribution in [3.8, 4) is 11.5 Å². The van der Waals surface area contributed by atoms with E-state index in [1.807, 2.05) is 0 Å². The van der Waals surface area contributed by atoms with Crippen LogP contribution >= 0.6 is 28.1 Å². The molecule has 98 valence electrons. The van der Waals surface area contributed by atoms with E-state index in [4.69, 9.17) is 22.7 Å². The van der Waals surface area contributed by atoms with Crippen LogP contribution in [0.4, 0.5) is 4.39 Å². The molecule has 0 heterocycles. The Hall–Kier alpha value is -1.46. The van der Waals surface area contributed by atoms with Crippen LogP contribution in [-0.2, 0) is 0 Å². The molecule has 2 aromatic carbocycles. The molecule has 19 heavy (non-hydrogen) atoms. The van der Waals surface area contributed by atoms with E-state index in [9.17, 15) is 4.39 Å². The minimum Gasteiger partial charge on any atom is -0.457 e. The van der Waals surface area contributed by atoms with Crippen LogP contribution in [0.2, 0.25) is 0 Å². The number of hydrogen-bond acceptors (Lipinski definition) is 2. The van der Waals surface area contributed by atoms with Gasteiger partial charge in [0.2, 0.25) is 0 Å². The van der Waals surface area contributed by atoms with Gasteiger partial charge in [0.15, 0.2) is 0 Å². The number of benzene rings is 2. The summed E-state index contributed by atoms with van der Waals surface area (Å²) in [6.45, 7) is 1.70. The summed E-state index contributed by atoms with van der Waals surface area (Å²) in [6.07, 6.45) is 0. The molecule has 0 fully saturated rings. The number of halogens is 2. The SMILES string of the molecule is Cc1ccc(Oc2ccc(C(N)=S)c(Br)c2)cc1F. The van der Waals surface area contributed by atoms with Gasteiger partial charge in [-0.2, -0.15) is 0 Å². The van der Waals surface area contributed by atoms with E-state index in [1.54, 1.807) is 37.3 Å². The van der Waals surface area contributed by atoms with Gasteiger partial charge < -0.3 is 10.5 Å². The van der Waals surface area contributed by atoms with Crippen molar-refractivity contribution in [3.63, 3.8) is 0 Å². The molecule has 2 aromatic rings. The van der Waals surface area contributed by atoms with Crippen LogP contribution < -0.4 is 10.5 Å². The zero-order valence-electron chi connectivity index (χ0n) is 10.1. The number of rotatable bonds is 3. The predicted molar refractivity (Wildman–Crippen MR) is 81.2 cm³/mol. The maximum absolute atomic E-state index is 13.4. The third-order valence-corrected chi connectivity index (χ3v) is 3.46. The molecule has 0 aliphatic carbocycles. The summed E-state index contributed by atoms with van der Waals surface area (Å²) in [6, 6.07) is 9.97. The van der Waals surface area contributed by atoms with Crippen molar-refractivity contribution in [3.05, 3.63) is 57.8 Å². The van der Waals surface area contributed by atoms with Crippen molar-refractivity contribution in [2.45, 2.75) is 6.92 Å². The molecule has 0 amide bonds. The van der Waals surface area contributed by atoms with Crippen molar-refractivity contribution >= 4 is 33.1 Å².